The summed E-state index contributed by atoms with van der Waals surface area (Å²) in [5.41, 5.74) is 0.995. The highest BCUT2D eigenvalue weighted by Crippen LogP contribution is 2.21. The van der Waals surface area contributed by atoms with Crippen molar-refractivity contribution in [2.75, 3.05) is 26.8 Å². The van der Waals surface area contributed by atoms with Crippen LogP contribution in [0.4, 0.5) is 0 Å². The van der Waals surface area contributed by atoms with Crippen LogP contribution < -0.4 is 5.56 Å². The molecule has 6 nitrogen and oxygen atoms in total. The maximum atomic E-state index is 12.7. The van der Waals surface area contributed by atoms with E-state index in [9.17, 15) is 9.59 Å². The topological polar surface area (TPSA) is 64.4 Å². The molecule has 1 aliphatic heterocycles. The Balaban J connectivity index is 1.88. The van der Waals surface area contributed by atoms with Gasteiger partial charge in [0.15, 0.2) is 0 Å². The fraction of sp³-hybridized carbons (Fsp3) is 0.533. The summed E-state index contributed by atoms with van der Waals surface area (Å²) in [7, 11) is 1.59. The third-order valence-electron chi connectivity index (χ3n) is 4.03. The van der Waals surface area contributed by atoms with Crippen LogP contribution in [0.15, 0.2) is 10.2 Å². The molecule has 0 saturated heterocycles. The molecule has 118 valence electrons. The number of nitrogens with zero attached hydrogens (tertiary/aromatic N) is 3. The number of fused-ring (bicyclic) bond motifs is 2. The van der Waals surface area contributed by atoms with Gasteiger partial charge in [0.1, 0.15) is 10.7 Å². The number of aryl methyl sites for hydroxylation is 1. The van der Waals surface area contributed by atoms with Gasteiger partial charge in [0.25, 0.3) is 5.56 Å². The first-order valence-electron chi connectivity index (χ1n) is 7.36. The maximum Gasteiger partial charge on any atom is 0.262 e. The first kappa shape index (κ1) is 15.2. The minimum absolute atomic E-state index is 0.0185. The van der Waals surface area contributed by atoms with E-state index >= 15 is 0 Å². The zero-order valence-electron chi connectivity index (χ0n) is 12.8. The highest BCUT2D eigenvalue weighted by Gasteiger charge is 2.21. The number of hydrogen-bond donors (Lipinski definition) is 0. The van der Waals surface area contributed by atoms with E-state index in [4.69, 9.17) is 4.74 Å². The van der Waals surface area contributed by atoms with E-state index in [0.29, 0.717) is 44.5 Å². The van der Waals surface area contributed by atoms with Crippen LogP contribution in [0.5, 0.6) is 0 Å². The van der Waals surface area contributed by atoms with Crippen molar-refractivity contribution >= 4 is 27.5 Å². The highest BCUT2D eigenvalue weighted by molar-refractivity contribution is 7.16. The fourth-order valence-electron chi connectivity index (χ4n) is 2.79. The molecule has 0 atom stereocenters. The molecule has 0 unspecified atom stereocenters. The summed E-state index contributed by atoms with van der Waals surface area (Å²) in [6, 6.07) is 0. The second-order valence-corrected chi connectivity index (χ2v) is 6.32. The van der Waals surface area contributed by atoms with E-state index < -0.39 is 0 Å². The van der Waals surface area contributed by atoms with Gasteiger partial charge in [-0.05, 0) is 17.9 Å². The van der Waals surface area contributed by atoms with Gasteiger partial charge in [0.2, 0.25) is 5.91 Å². The smallest absolute Gasteiger partial charge is 0.262 e. The van der Waals surface area contributed by atoms with E-state index in [1.165, 1.54) is 11.3 Å². The first-order valence-corrected chi connectivity index (χ1v) is 8.24. The molecular formula is C15H19N3O3S. The van der Waals surface area contributed by atoms with Crippen LogP contribution in [0.2, 0.25) is 0 Å². The van der Waals surface area contributed by atoms with Crippen molar-refractivity contribution in [3.63, 3.8) is 0 Å². The summed E-state index contributed by atoms with van der Waals surface area (Å²) in [5, 5.41) is 2.69. The minimum atomic E-state index is 0.0185. The predicted molar refractivity (Wildman–Crippen MR) is 85.4 cm³/mol. The van der Waals surface area contributed by atoms with Crippen LogP contribution in [0, 0.1) is 6.92 Å². The molecule has 1 aliphatic rings. The molecule has 0 aliphatic carbocycles. The first-order chi connectivity index (χ1) is 10.6. The van der Waals surface area contributed by atoms with E-state index in [2.05, 4.69) is 4.98 Å². The number of ether oxygens (including phenoxy) is 1. The number of aromatic nitrogens is 2. The van der Waals surface area contributed by atoms with Crippen molar-refractivity contribution in [3.8, 4) is 0 Å². The third kappa shape index (κ3) is 2.66. The summed E-state index contributed by atoms with van der Waals surface area (Å²) in [4.78, 5) is 32.0. The van der Waals surface area contributed by atoms with Gasteiger partial charge in [-0.1, -0.05) is 0 Å². The molecule has 0 aromatic carbocycles. The van der Waals surface area contributed by atoms with Gasteiger partial charge in [-0.3, -0.25) is 14.2 Å². The Bertz CT molecular complexity index is 765. The molecule has 7 heteroatoms. The zero-order chi connectivity index (χ0) is 15.7. The maximum absolute atomic E-state index is 12.7. The summed E-state index contributed by atoms with van der Waals surface area (Å²) >= 11 is 1.50. The van der Waals surface area contributed by atoms with Crippen LogP contribution in [-0.4, -0.2) is 47.2 Å². The lowest BCUT2D eigenvalue weighted by molar-refractivity contribution is -0.132. The number of hydrogen-bond acceptors (Lipinski definition) is 5. The predicted octanol–water partition coefficient (Wildman–Crippen LogP) is 1.19. The van der Waals surface area contributed by atoms with Gasteiger partial charge < -0.3 is 9.64 Å². The number of carbonyl (C=O) groups excluding carboxylic acids is 1. The molecule has 0 spiro atoms. The van der Waals surface area contributed by atoms with E-state index in [0.717, 1.165) is 16.2 Å². The molecule has 0 fully saturated rings. The fourth-order valence-corrected chi connectivity index (χ4v) is 3.72. The summed E-state index contributed by atoms with van der Waals surface area (Å²) in [6.07, 6.45) is 0.990. The lowest BCUT2D eigenvalue weighted by Crippen LogP contribution is -2.34. The summed E-state index contributed by atoms with van der Waals surface area (Å²) < 4.78 is 6.68. The van der Waals surface area contributed by atoms with E-state index in [1.54, 1.807) is 16.6 Å². The quantitative estimate of drug-likeness (QED) is 0.852. The van der Waals surface area contributed by atoms with E-state index in [-0.39, 0.29) is 11.5 Å². The molecule has 3 heterocycles. The average Bonchev–Trinajstić information content (AvgIpc) is 2.74. The molecule has 0 bridgehead atoms. The van der Waals surface area contributed by atoms with Crippen molar-refractivity contribution in [1.82, 2.24) is 14.5 Å². The Labute approximate surface area is 132 Å². The van der Waals surface area contributed by atoms with E-state index in [1.807, 2.05) is 12.3 Å². The average molecular weight is 321 g/mol. The summed E-state index contributed by atoms with van der Waals surface area (Å²) in [6.45, 7) is 4.02. The lowest BCUT2D eigenvalue weighted by Gasteiger charge is -2.19. The number of methoxy groups -OCH3 is 1. The number of carbonyl (C=O) groups is 1. The Morgan fingerprint density at radius 1 is 1.41 bits per heavy atom. The second-order valence-electron chi connectivity index (χ2n) is 5.46. The van der Waals surface area contributed by atoms with Crippen LogP contribution >= 0.6 is 11.3 Å². The standard InChI is InChI=1S/C15H19N3O3S/c1-10-9-22-14-13(10)15(20)18-7-6-17(5-3-11(18)16-14)12(19)4-8-21-2/h9H,3-8H2,1-2H3. The highest BCUT2D eigenvalue weighted by atomic mass is 32.1. The molecule has 2 aromatic heterocycles. The Morgan fingerprint density at radius 3 is 3.00 bits per heavy atom. The zero-order valence-corrected chi connectivity index (χ0v) is 13.6. The molecule has 0 radical (unpaired) electrons. The van der Waals surface area contributed by atoms with Gasteiger partial charge in [-0.15, -0.1) is 11.3 Å². The van der Waals surface area contributed by atoms with Crippen molar-refractivity contribution in [2.24, 2.45) is 0 Å². The van der Waals surface area contributed by atoms with Crippen LogP contribution in [0.3, 0.4) is 0 Å². The molecular weight excluding hydrogens is 302 g/mol. The molecule has 0 N–H and O–H groups in total. The lowest BCUT2D eigenvalue weighted by atomic mass is 10.2. The number of rotatable bonds is 3. The molecule has 22 heavy (non-hydrogen) atoms. The van der Waals surface area contributed by atoms with Crippen LogP contribution in [0.25, 0.3) is 10.2 Å². The monoisotopic (exact) mass is 321 g/mol. The Morgan fingerprint density at radius 2 is 2.23 bits per heavy atom. The van der Waals surface area contributed by atoms with Gasteiger partial charge >= 0.3 is 0 Å². The Hall–Kier alpha value is -1.73. The third-order valence-corrected chi connectivity index (χ3v) is 5.02. The number of thiophene rings is 1. The van der Waals surface area contributed by atoms with Crippen LogP contribution in [-0.2, 0) is 22.5 Å². The van der Waals surface area contributed by atoms with Gasteiger partial charge in [-0.2, -0.15) is 0 Å². The SMILES string of the molecule is COCCC(=O)N1CCc2nc3scc(C)c3c(=O)n2CC1. The normalized spacial score (nSPS) is 14.9. The van der Waals surface area contributed by atoms with Crippen molar-refractivity contribution in [1.29, 1.82) is 0 Å². The Kier molecular flexibility index (Phi) is 4.26. The van der Waals surface area contributed by atoms with Gasteiger partial charge in [-0.25, -0.2) is 4.98 Å². The van der Waals surface area contributed by atoms with Gasteiger partial charge in [0.05, 0.1) is 18.4 Å². The van der Waals surface area contributed by atoms with Crippen molar-refractivity contribution in [3.05, 3.63) is 27.1 Å². The molecule has 1 amide bonds. The van der Waals surface area contributed by atoms with Gasteiger partial charge in [0, 0.05) is 33.2 Å². The van der Waals surface area contributed by atoms with Crippen LogP contribution in [0.1, 0.15) is 17.8 Å². The molecule has 2 aromatic rings. The minimum Gasteiger partial charge on any atom is -0.384 e. The molecule has 0 saturated carbocycles. The summed E-state index contributed by atoms with van der Waals surface area (Å²) in [5.74, 6) is 0.849. The largest absolute Gasteiger partial charge is 0.384 e. The second kappa shape index (κ2) is 6.18. The van der Waals surface area contributed by atoms with Crippen molar-refractivity contribution < 1.29 is 9.53 Å². The molecule has 3 rings (SSSR count). The number of amides is 1. The van der Waals surface area contributed by atoms with Crippen molar-refractivity contribution in [2.45, 2.75) is 26.3 Å².